The van der Waals surface area contributed by atoms with Gasteiger partial charge in [0.1, 0.15) is 17.8 Å². The molecule has 0 saturated carbocycles. The third-order valence-electron chi connectivity index (χ3n) is 5.75. The maximum absolute atomic E-state index is 13.1. The standard InChI is InChI=1S/C24H30ClN7O3.H2S/c1-16-12-27-24(29-19-5-9-35-10-6-19)31-22(16)32-14-21(28-15-32)23(34)30-20(13-26-7-8-33)17-3-2-4-18(25)11-17;/h2-4,11-12,14-15,19-20,26,33H,5-10,13H2,1H3,(H,30,34)(H,27,29,31);1H2/t20-;/m1./s1. The molecule has 0 radical (unpaired) electrons. The highest BCUT2D eigenvalue weighted by atomic mass is 35.5. The molecule has 1 saturated heterocycles. The molecule has 4 N–H and O–H groups in total. The second kappa shape index (κ2) is 13.6. The van der Waals surface area contributed by atoms with Crippen LogP contribution in [0.25, 0.3) is 5.82 Å². The fraction of sp³-hybridized carbons (Fsp3) is 0.417. The molecule has 0 unspecified atom stereocenters. The highest BCUT2D eigenvalue weighted by Crippen LogP contribution is 2.19. The zero-order valence-corrected chi connectivity index (χ0v) is 21.8. The van der Waals surface area contributed by atoms with Crippen LogP contribution in [0.3, 0.4) is 0 Å². The van der Waals surface area contributed by atoms with Crippen LogP contribution in [-0.2, 0) is 4.74 Å². The number of carbonyl (C=O) groups is 1. The molecule has 1 aromatic carbocycles. The predicted octanol–water partition coefficient (Wildman–Crippen LogP) is 2.38. The van der Waals surface area contributed by atoms with E-state index in [0.29, 0.717) is 29.9 Å². The Bertz CT molecular complexity index is 1140. The first kappa shape index (κ1) is 27.9. The van der Waals surface area contributed by atoms with Crippen molar-refractivity contribution in [3.05, 3.63) is 64.8 Å². The first-order valence-corrected chi connectivity index (χ1v) is 12.0. The smallest absolute Gasteiger partial charge is 0.272 e. The van der Waals surface area contributed by atoms with E-state index < -0.39 is 0 Å². The molecule has 2 aromatic heterocycles. The van der Waals surface area contributed by atoms with Gasteiger partial charge in [-0.2, -0.15) is 18.5 Å². The first-order valence-electron chi connectivity index (χ1n) is 11.6. The van der Waals surface area contributed by atoms with Gasteiger partial charge in [0, 0.05) is 55.3 Å². The molecule has 0 aliphatic carbocycles. The number of anilines is 1. The Morgan fingerprint density at radius 2 is 2.11 bits per heavy atom. The number of aryl methyl sites for hydroxylation is 1. The van der Waals surface area contributed by atoms with Crippen LogP contribution in [0.1, 0.15) is 40.5 Å². The van der Waals surface area contributed by atoms with Crippen LogP contribution in [0.4, 0.5) is 5.95 Å². The average molecular weight is 534 g/mol. The second-order valence-corrected chi connectivity index (χ2v) is 8.84. The molecule has 1 atom stereocenters. The molecule has 0 bridgehead atoms. The van der Waals surface area contributed by atoms with Crippen LogP contribution < -0.4 is 16.0 Å². The van der Waals surface area contributed by atoms with Crippen molar-refractivity contribution in [3.63, 3.8) is 0 Å². The summed E-state index contributed by atoms with van der Waals surface area (Å²) in [6, 6.07) is 7.24. The van der Waals surface area contributed by atoms with Gasteiger partial charge in [-0.3, -0.25) is 9.36 Å². The molecule has 1 aliphatic rings. The number of amides is 1. The lowest BCUT2D eigenvalue weighted by Crippen LogP contribution is -2.36. The molecule has 10 nitrogen and oxygen atoms in total. The van der Waals surface area contributed by atoms with Crippen molar-refractivity contribution in [1.82, 2.24) is 30.2 Å². The number of hydrogen-bond donors (Lipinski definition) is 4. The Kier molecular flexibility index (Phi) is 10.5. The molecule has 36 heavy (non-hydrogen) atoms. The zero-order valence-electron chi connectivity index (χ0n) is 20.1. The summed E-state index contributed by atoms with van der Waals surface area (Å²) < 4.78 is 7.13. The van der Waals surface area contributed by atoms with Gasteiger partial charge in [-0.25, -0.2) is 9.97 Å². The summed E-state index contributed by atoms with van der Waals surface area (Å²) in [7, 11) is 0. The summed E-state index contributed by atoms with van der Waals surface area (Å²) in [5, 5.41) is 19.2. The quantitative estimate of drug-likeness (QED) is 0.293. The molecule has 12 heteroatoms. The van der Waals surface area contributed by atoms with Gasteiger partial charge in [-0.15, -0.1) is 0 Å². The van der Waals surface area contributed by atoms with E-state index in [-0.39, 0.29) is 43.8 Å². The van der Waals surface area contributed by atoms with E-state index in [0.717, 1.165) is 37.2 Å². The number of aliphatic hydroxyl groups is 1. The molecule has 3 aromatic rings. The van der Waals surface area contributed by atoms with E-state index >= 15 is 0 Å². The number of aromatic nitrogens is 4. The Morgan fingerprint density at radius 3 is 2.86 bits per heavy atom. The number of rotatable bonds is 10. The monoisotopic (exact) mass is 533 g/mol. The lowest BCUT2D eigenvalue weighted by molar-refractivity contribution is 0.0903. The molecule has 4 rings (SSSR count). The lowest BCUT2D eigenvalue weighted by Gasteiger charge is -2.23. The van der Waals surface area contributed by atoms with E-state index in [1.165, 1.54) is 0 Å². The fourth-order valence-electron chi connectivity index (χ4n) is 3.88. The minimum absolute atomic E-state index is 0. The number of hydrogen-bond acceptors (Lipinski definition) is 8. The molecule has 194 valence electrons. The van der Waals surface area contributed by atoms with Gasteiger partial charge < -0.3 is 25.8 Å². The number of halogens is 1. The van der Waals surface area contributed by atoms with Crippen LogP contribution >= 0.6 is 25.1 Å². The van der Waals surface area contributed by atoms with E-state index in [1.807, 2.05) is 25.1 Å². The van der Waals surface area contributed by atoms with Gasteiger partial charge in [0.15, 0.2) is 0 Å². The number of benzene rings is 1. The maximum atomic E-state index is 13.1. The van der Waals surface area contributed by atoms with Gasteiger partial charge in [0.2, 0.25) is 5.95 Å². The minimum Gasteiger partial charge on any atom is -0.395 e. The highest BCUT2D eigenvalue weighted by molar-refractivity contribution is 7.59. The number of carbonyl (C=O) groups excluding carboxylic acids is 1. The van der Waals surface area contributed by atoms with Crippen molar-refractivity contribution in [2.24, 2.45) is 0 Å². The summed E-state index contributed by atoms with van der Waals surface area (Å²) in [6.07, 6.45) is 6.79. The normalized spacial score (nSPS) is 14.6. The van der Waals surface area contributed by atoms with Crippen LogP contribution in [0.5, 0.6) is 0 Å². The predicted molar refractivity (Wildman–Crippen MR) is 143 cm³/mol. The highest BCUT2D eigenvalue weighted by Gasteiger charge is 2.19. The van der Waals surface area contributed by atoms with Crippen molar-refractivity contribution in [3.8, 4) is 5.82 Å². The summed E-state index contributed by atoms with van der Waals surface area (Å²) >= 11 is 6.15. The Labute approximate surface area is 222 Å². The number of imidazole rings is 1. The fourth-order valence-corrected chi connectivity index (χ4v) is 4.08. The Balaban J connectivity index is 0.00000361. The molecular weight excluding hydrogens is 502 g/mol. The second-order valence-electron chi connectivity index (χ2n) is 8.41. The molecular formula is C24H32ClN7O3S. The van der Waals surface area contributed by atoms with E-state index in [4.69, 9.17) is 21.4 Å². The van der Waals surface area contributed by atoms with Crippen molar-refractivity contribution < 1.29 is 14.6 Å². The van der Waals surface area contributed by atoms with Crippen LogP contribution in [0, 0.1) is 6.92 Å². The Hall–Kier alpha value is -2.70. The van der Waals surface area contributed by atoms with E-state index in [1.54, 1.807) is 29.4 Å². The molecule has 3 heterocycles. The lowest BCUT2D eigenvalue weighted by atomic mass is 10.1. The summed E-state index contributed by atoms with van der Waals surface area (Å²) in [6.45, 7) is 4.21. The van der Waals surface area contributed by atoms with Gasteiger partial charge in [0.05, 0.1) is 12.6 Å². The van der Waals surface area contributed by atoms with Gasteiger partial charge in [-0.1, -0.05) is 23.7 Å². The number of nitrogens with one attached hydrogen (secondary N) is 3. The third kappa shape index (κ3) is 7.40. The summed E-state index contributed by atoms with van der Waals surface area (Å²) in [5.41, 5.74) is 1.97. The van der Waals surface area contributed by atoms with Crippen molar-refractivity contribution in [1.29, 1.82) is 0 Å². The van der Waals surface area contributed by atoms with E-state index in [9.17, 15) is 4.79 Å². The van der Waals surface area contributed by atoms with E-state index in [2.05, 4.69) is 30.9 Å². The summed E-state index contributed by atoms with van der Waals surface area (Å²) in [4.78, 5) is 26.4. The minimum atomic E-state index is -0.353. The zero-order chi connectivity index (χ0) is 24.6. The molecule has 1 amide bonds. The Morgan fingerprint density at radius 1 is 1.31 bits per heavy atom. The van der Waals surface area contributed by atoms with Crippen LogP contribution in [-0.4, -0.2) is 69.5 Å². The molecule has 1 aliphatic heterocycles. The van der Waals surface area contributed by atoms with Gasteiger partial charge >= 0.3 is 0 Å². The molecule has 1 fully saturated rings. The van der Waals surface area contributed by atoms with Crippen molar-refractivity contribution >= 4 is 37.0 Å². The van der Waals surface area contributed by atoms with Crippen LogP contribution in [0.2, 0.25) is 5.02 Å². The van der Waals surface area contributed by atoms with Crippen molar-refractivity contribution in [2.45, 2.75) is 31.8 Å². The van der Waals surface area contributed by atoms with Crippen molar-refractivity contribution in [2.75, 3.05) is 38.2 Å². The third-order valence-corrected chi connectivity index (χ3v) is 5.99. The number of aliphatic hydroxyl groups excluding tert-OH is 1. The largest absolute Gasteiger partial charge is 0.395 e. The van der Waals surface area contributed by atoms with Crippen LogP contribution in [0.15, 0.2) is 43.0 Å². The average Bonchev–Trinajstić information content (AvgIpc) is 3.36. The summed E-state index contributed by atoms with van der Waals surface area (Å²) in [5.74, 6) is 0.858. The number of nitrogens with zero attached hydrogens (tertiary/aromatic N) is 4. The topological polar surface area (TPSA) is 126 Å². The SMILES string of the molecule is Cc1cnc(NC2CCOCC2)nc1-n1cnc(C(=O)N[C@H](CNCCO)c2cccc(Cl)c2)c1.S. The van der Waals surface area contributed by atoms with Gasteiger partial charge in [-0.05, 0) is 37.5 Å². The maximum Gasteiger partial charge on any atom is 0.272 e. The number of ether oxygens (including phenoxy) is 1. The van der Waals surface area contributed by atoms with Gasteiger partial charge in [0.25, 0.3) is 5.91 Å². The molecule has 0 spiro atoms. The first-order chi connectivity index (χ1) is 17.0.